The van der Waals surface area contributed by atoms with E-state index in [4.69, 9.17) is 9.72 Å². The zero-order valence-corrected chi connectivity index (χ0v) is 19.9. The van der Waals surface area contributed by atoms with Crippen LogP contribution in [0.25, 0.3) is 55.8 Å². The predicted molar refractivity (Wildman–Crippen MR) is 139 cm³/mol. The Kier molecular flexibility index (Phi) is 5.59. The first-order valence-corrected chi connectivity index (χ1v) is 11.6. The molecule has 0 aliphatic heterocycles. The van der Waals surface area contributed by atoms with Crippen molar-refractivity contribution in [3.63, 3.8) is 0 Å². The molecule has 36 heavy (non-hydrogen) atoms. The van der Waals surface area contributed by atoms with Crippen LogP contribution in [0.15, 0.2) is 73.4 Å². The molecule has 0 spiro atoms. The second-order valence-corrected chi connectivity index (χ2v) is 8.77. The zero-order chi connectivity index (χ0) is 24.5. The normalized spacial score (nSPS) is 11.5. The highest BCUT2D eigenvalue weighted by molar-refractivity contribution is 5.99. The highest BCUT2D eigenvalue weighted by atomic mass is 16.5. The van der Waals surface area contributed by atoms with Crippen molar-refractivity contribution in [1.29, 1.82) is 0 Å². The molecule has 0 saturated carbocycles. The van der Waals surface area contributed by atoms with Crippen LogP contribution in [-0.4, -0.2) is 67.3 Å². The summed E-state index contributed by atoms with van der Waals surface area (Å²) in [6, 6.07) is 14.0. The van der Waals surface area contributed by atoms with E-state index in [-0.39, 0.29) is 0 Å². The summed E-state index contributed by atoms with van der Waals surface area (Å²) in [5.74, 6) is 0.717. The van der Waals surface area contributed by atoms with E-state index in [0.717, 1.165) is 62.4 Å². The van der Waals surface area contributed by atoms with E-state index in [2.05, 4.69) is 41.1 Å². The molecular weight excluding hydrogens is 452 g/mol. The summed E-state index contributed by atoms with van der Waals surface area (Å²) in [4.78, 5) is 23.4. The molecule has 0 bridgehead atoms. The number of nitrogens with one attached hydrogen (secondary N) is 2. The predicted octanol–water partition coefficient (Wildman–Crippen LogP) is 4.57. The lowest BCUT2D eigenvalue weighted by atomic mass is 10.1. The average Bonchev–Trinajstić information content (AvgIpc) is 3.53. The Labute approximate surface area is 207 Å². The molecule has 0 aliphatic carbocycles. The maximum Gasteiger partial charge on any atom is 0.138 e. The molecule has 0 aliphatic rings. The van der Waals surface area contributed by atoms with E-state index in [1.54, 1.807) is 31.0 Å². The van der Waals surface area contributed by atoms with Crippen LogP contribution in [0.5, 0.6) is 5.75 Å². The van der Waals surface area contributed by atoms with Gasteiger partial charge < -0.3 is 14.6 Å². The molecule has 178 valence electrons. The molecule has 6 aromatic heterocycles. The molecule has 6 aromatic rings. The summed E-state index contributed by atoms with van der Waals surface area (Å²) in [5, 5.41) is 8.68. The Morgan fingerprint density at radius 2 is 1.81 bits per heavy atom. The molecule has 2 N–H and O–H groups in total. The van der Waals surface area contributed by atoms with Crippen molar-refractivity contribution >= 4 is 22.1 Å². The summed E-state index contributed by atoms with van der Waals surface area (Å²) in [6.45, 7) is 1.42. The van der Waals surface area contributed by atoms with Gasteiger partial charge in [-0.05, 0) is 67.7 Å². The van der Waals surface area contributed by atoms with Gasteiger partial charge in [-0.3, -0.25) is 15.1 Å². The highest BCUT2D eigenvalue weighted by Crippen LogP contribution is 2.33. The Morgan fingerprint density at radius 1 is 0.917 bits per heavy atom. The molecule has 0 radical (unpaired) electrons. The summed E-state index contributed by atoms with van der Waals surface area (Å²) in [6.07, 6.45) is 8.90. The number of nitrogens with zero attached hydrogens (tertiary/aromatic N) is 6. The van der Waals surface area contributed by atoms with Gasteiger partial charge in [0.25, 0.3) is 0 Å². The van der Waals surface area contributed by atoms with Crippen molar-refractivity contribution in [2.75, 3.05) is 27.2 Å². The van der Waals surface area contributed by atoms with Gasteiger partial charge >= 0.3 is 0 Å². The fraction of sp³-hybridized carbons (Fsp3) is 0.148. The number of hydrogen-bond donors (Lipinski definition) is 2. The first-order chi connectivity index (χ1) is 17.7. The molecule has 0 fully saturated rings. The summed E-state index contributed by atoms with van der Waals surface area (Å²) < 4.78 is 5.86. The first-order valence-electron chi connectivity index (χ1n) is 11.6. The van der Waals surface area contributed by atoms with Gasteiger partial charge in [-0.1, -0.05) is 0 Å². The molecule has 0 atom stereocenters. The maximum atomic E-state index is 5.86. The van der Waals surface area contributed by atoms with E-state index < -0.39 is 0 Å². The van der Waals surface area contributed by atoms with Crippen LogP contribution in [0.2, 0.25) is 0 Å². The van der Waals surface area contributed by atoms with Crippen LogP contribution < -0.4 is 4.74 Å². The fourth-order valence-corrected chi connectivity index (χ4v) is 4.17. The highest BCUT2D eigenvalue weighted by Gasteiger charge is 2.16. The Hall–Kier alpha value is -4.63. The first kappa shape index (κ1) is 21.9. The standard InChI is InChI=1S/C27H24N8O/c1-35(2)11-12-36-19-13-18(15-29-16-19)22-3-4-23-25(31-22)26(34-33-23)24-14-21-20(7-10-30-27(21)32-24)17-5-8-28-9-6-17/h3-10,13-16H,11-12H2,1-2H3,(H,30,32)(H,33,34). The van der Waals surface area contributed by atoms with Gasteiger partial charge in [0.1, 0.15) is 29.2 Å². The van der Waals surface area contributed by atoms with Gasteiger partial charge in [0, 0.05) is 42.3 Å². The molecular formula is C27H24N8O. The van der Waals surface area contributed by atoms with Crippen LogP contribution in [0.4, 0.5) is 0 Å². The lowest BCUT2D eigenvalue weighted by molar-refractivity contribution is 0.261. The third kappa shape index (κ3) is 4.16. The fourth-order valence-electron chi connectivity index (χ4n) is 4.17. The monoisotopic (exact) mass is 476 g/mol. The minimum Gasteiger partial charge on any atom is -0.491 e. The lowest BCUT2D eigenvalue weighted by Gasteiger charge is -2.11. The van der Waals surface area contributed by atoms with Gasteiger partial charge in [-0.25, -0.2) is 9.97 Å². The Balaban J connectivity index is 1.38. The third-order valence-corrected chi connectivity index (χ3v) is 6.00. The second kappa shape index (κ2) is 9.20. The smallest absolute Gasteiger partial charge is 0.138 e. The van der Waals surface area contributed by atoms with Crippen LogP contribution >= 0.6 is 0 Å². The summed E-state index contributed by atoms with van der Waals surface area (Å²) in [5.41, 5.74) is 7.81. The van der Waals surface area contributed by atoms with E-state index in [1.807, 2.05) is 50.5 Å². The van der Waals surface area contributed by atoms with Crippen LogP contribution in [-0.2, 0) is 0 Å². The van der Waals surface area contributed by atoms with Crippen molar-refractivity contribution in [1.82, 2.24) is 40.0 Å². The van der Waals surface area contributed by atoms with Crippen molar-refractivity contribution in [2.45, 2.75) is 0 Å². The zero-order valence-electron chi connectivity index (χ0n) is 19.9. The number of rotatable bonds is 7. The second-order valence-electron chi connectivity index (χ2n) is 8.77. The van der Waals surface area contributed by atoms with E-state index >= 15 is 0 Å². The minimum atomic E-state index is 0.590. The van der Waals surface area contributed by atoms with Crippen molar-refractivity contribution in [3.8, 4) is 39.5 Å². The molecule has 6 heterocycles. The van der Waals surface area contributed by atoms with E-state index in [0.29, 0.717) is 12.4 Å². The molecule has 9 nitrogen and oxygen atoms in total. The lowest BCUT2D eigenvalue weighted by Crippen LogP contribution is -2.19. The van der Waals surface area contributed by atoms with Crippen molar-refractivity contribution in [3.05, 3.63) is 73.4 Å². The van der Waals surface area contributed by atoms with Crippen LogP contribution in [0.3, 0.4) is 0 Å². The molecule has 0 amide bonds. The SMILES string of the molecule is CN(C)CCOc1cncc(-c2ccc3[nH]nc(-c4cc5c(-c6ccncc6)ccnc5[nH]4)c3n2)c1. The average molecular weight is 477 g/mol. The number of pyridine rings is 4. The number of likely N-dealkylation sites (N-methyl/N-ethyl adjacent to an activating group) is 1. The van der Waals surface area contributed by atoms with Gasteiger partial charge in [-0.15, -0.1) is 0 Å². The van der Waals surface area contributed by atoms with Crippen LogP contribution in [0, 0.1) is 0 Å². The third-order valence-electron chi connectivity index (χ3n) is 6.00. The van der Waals surface area contributed by atoms with Crippen LogP contribution in [0.1, 0.15) is 0 Å². The Morgan fingerprint density at radius 3 is 2.67 bits per heavy atom. The van der Waals surface area contributed by atoms with E-state index in [1.165, 1.54) is 0 Å². The molecule has 9 heteroatoms. The number of aromatic amines is 2. The summed E-state index contributed by atoms with van der Waals surface area (Å²) in [7, 11) is 4.03. The molecule has 0 saturated heterocycles. The molecule has 0 aromatic carbocycles. The maximum absolute atomic E-state index is 5.86. The van der Waals surface area contributed by atoms with Gasteiger partial charge in [0.2, 0.25) is 0 Å². The molecule has 0 unspecified atom stereocenters. The minimum absolute atomic E-state index is 0.590. The topological polar surface area (TPSA) is 109 Å². The van der Waals surface area contributed by atoms with Gasteiger partial charge in [-0.2, -0.15) is 5.10 Å². The van der Waals surface area contributed by atoms with Crippen molar-refractivity contribution in [2.24, 2.45) is 0 Å². The van der Waals surface area contributed by atoms with E-state index in [9.17, 15) is 0 Å². The Bertz CT molecular complexity index is 1660. The number of fused-ring (bicyclic) bond motifs is 2. The summed E-state index contributed by atoms with van der Waals surface area (Å²) >= 11 is 0. The largest absolute Gasteiger partial charge is 0.491 e. The molecule has 6 rings (SSSR count). The quantitative estimate of drug-likeness (QED) is 0.348. The number of ether oxygens (including phenoxy) is 1. The van der Waals surface area contributed by atoms with Crippen molar-refractivity contribution < 1.29 is 4.74 Å². The number of H-pyrrole nitrogens is 2. The van der Waals surface area contributed by atoms with Gasteiger partial charge in [0.15, 0.2) is 0 Å². The van der Waals surface area contributed by atoms with Gasteiger partial charge in [0.05, 0.1) is 23.1 Å². The number of hydrogen-bond acceptors (Lipinski definition) is 7. The number of aromatic nitrogens is 7.